The van der Waals surface area contributed by atoms with Gasteiger partial charge in [0.25, 0.3) is 0 Å². The maximum Gasteiger partial charge on any atom is 0.407 e. The molecule has 0 bridgehead atoms. The van der Waals surface area contributed by atoms with Crippen molar-refractivity contribution in [2.45, 2.75) is 45.8 Å². The highest BCUT2D eigenvalue weighted by molar-refractivity contribution is 5.99. The van der Waals surface area contributed by atoms with E-state index in [1.165, 1.54) is 12.3 Å². The van der Waals surface area contributed by atoms with Crippen molar-refractivity contribution in [1.29, 1.82) is 0 Å². The maximum atomic E-state index is 14.0. The van der Waals surface area contributed by atoms with Crippen LogP contribution >= 0.6 is 0 Å². The van der Waals surface area contributed by atoms with E-state index in [2.05, 4.69) is 10.3 Å². The third kappa shape index (κ3) is 7.46. The lowest BCUT2D eigenvalue weighted by molar-refractivity contribution is -0.136. The van der Waals surface area contributed by atoms with Crippen LogP contribution in [0.4, 0.5) is 9.18 Å². The average Bonchev–Trinajstić information content (AvgIpc) is 2.77. The van der Waals surface area contributed by atoms with Crippen LogP contribution in [0.3, 0.4) is 0 Å². The second kappa shape index (κ2) is 10.9. The van der Waals surface area contributed by atoms with Gasteiger partial charge in [-0.3, -0.25) is 14.6 Å². The van der Waals surface area contributed by atoms with Crippen LogP contribution in [0.1, 0.15) is 47.8 Å². The summed E-state index contributed by atoms with van der Waals surface area (Å²) >= 11 is 0. The number of carboxylic acids is 1. The molecule has 182 valence electrons. The molecule has 0 saturated heterocycles. The number of rotatable bonds is 8. The lowest BCUT2D eigenvalue weighted by atomic mass is 9.93. The molecule has 0 fully saturated rings. The fourth-order valence-corrected chi connectivity index (χ4v) is 3.50. The summed E-state index contributed by atoms with van der Waals surface area (Å²) < 4.78 is 19.3. The van der Waals surface area contributed by atoms with Gasteiger partial charge in [0.15, 0.2) is 5.78 Å². The quantitative estimate of drug-likeness (QED) is 0.443. The van der Waals surface area contributed by atoms with Gasteiger partial charge in [-0.15, -0.1) is 0 Å². The van der Waals surface area contributed by atoms with E-state index < -0.39 is 23.5 Å². The first-order valence-corrected chi connectivity index (χ1v) is 11.0. The number of carboxylic acid groups (broad SMARTS) is 1. The van der Waals surface area contributed by atoms with Crippen LogP contribution < -0.4 is 5.32 Å². The first-order valence-electron chi connectivity index (χ1n) is 11.0. The summed E-state index contributed by atoms with van der Waals surface area (Å²) in [5, 5.41) is 11.9. The SMILES string of the molecule is CC(C)(C)OC(=O)NCc1ccc(C(=O)Cc2ccncc2F)cc1-c1cccc(CC(=O)O)c1. The fourth-order valence-electron chi connectivity index (χ4n) is 3.50. The largest absolute Gasteiger partial charge is 0.481 e. The average molecular weight is 479 g/mol. The Balaban J connectivity index is 1.94. The van der Waals surface area contributed by atoms with Crippen LogP contribution in [0.15, 0.2) is 60.9 Å². The smallest absolute Gasteiger partial charge is 0.407 e. The van der Waals surface area contributed by atoms with Crippen molar-refractivity contribution in [3.63, 3.8) is 0 Å². The van der Waals surface area contributed by atoms with Crippen molar-refractivity contribution in [3.8, 4) is 11.1 Å². The molecular formula is C27H27FN2O5. The number of nitrogens with one attached hydrogen (secondary N) is 1. The van der Waals surface area contributed by atoms with Crippen LogP contribution in [0.25, 0.3) is 11.1 Å². The minimum absolute atomic E-state index is 0.126. The Kier molecular flexibility index (Phi) is 7.96. The highest BCUT2D eigenvalue weighted by atomic mass is 19.1. The Morgan fingerprint density at radius 2 is 1.80 bits per heavy atom. The maximum absolute atomic E-state index is 14.0. The van der Waals surface area contributed by atoms with Gasteiger partial charge >= 0.3 is 12.1 Å². The number of ether oxygens (including phenoxy) is 1. The third-order valence-corrected chi connectivity index (χ3v) is 5.05. The number of alkyl carbamates (subject to hydrolysis) is 1. The molecule has 0 aliphatic rings. The van der Waals surface area contributed by atoms with Gasteiger partial charge < -0.3 is 15.2 Å². The van der Waals surface area contributed by atoms with Crippen molar-refractivity contribution in [2.75, 3.05) is 0 Å². The van der Waals surface area contributed by atoms with E-state index in [1.54, 1.807) is 63.2 Å². The number of hydrogen-bond donors (Lipinski definition) is 2. The molecule has 0 saturated carbocycles. The summed E-state index contributed by atoms with van der Waals surface area (Å²) in [6, 6.07) is 13.4. The van der Waals surface area contributed by atoms with Gasteiger partial charge in [0.05, 0.1) is 12.6 Å². The monoisotopic (exact) mass is 478 g/mol. The second-order valence-electron chi connectivity index (χ2n) is 9.07. The van der Waals surface area contributed by atoms with E-state index in [4.69, 9.17) is 9.84 Å². The van der Waals surface area contributed by atoms with Crippen LogP contribution in [-0.4, -0.2) is 33.5 Å². The van der Waals surface area contributed by atoms with E-state index in [-0.39, 0.29) is 30.7 Å². The molecule has 0 aliphatic heterocycles. The number of ketones is 1. The molecule has 1 heterocycles. The number of amides is 1. The van der Waals surface area contributed by atoms with E-state index in [0.29, 0.717) is 27.8 Å². The van der Waals surface area contributed by atoms with Crippen molar-refractivity contribution in [1.82, 2.24) is 10.3 Å². The molecule has 35 heavy (non-hydrogen) atoms. The number of aliphatic carboxylic acids is 1. The lowest BCUT2D eigenvalue weighted by Crippen LogP contribution is -2.32. The molecule has 0 atom stereocenters. The summed E-state index contributed by atoms with van der Waals surface area (Å²) in [5.74, 6) is -1.80. The summed E-state index contributed by atoms with van der Waals surface area (Å²) in [6.07, 6.45) is 1.61. The molecule has 1 amide bonds. The van der Waals surface area contributed by atoms with E-state index >= 15 is 0 Å². The molecule has 2 N–H and O–H groups in total. The molecule has 0 aliphatic carbocycles. The summed E-state index contributed by atoms with van der Waals surface area (Å²) in [4.78, 5) is 40.0. The second-order valence-corrected chi connectivity index (χ2v) is 9.07. The molecule has 3 rings (SSSR count). The number of halogens is 1. The van der Waals surface area contributed by atoms with E-state index in [1.807, 2.05) is 0 Å². The van der Waals surface area contributed by atoms with Gasteiger partial charge in [-0.25, -0.2) is 9.18 Å². The summed E-state index contributed by atoms with van der Waals surface area (Å²) in [5.41, 5.74) is 2.58. The Morgan fingerprint density at radius 3 is 2.49 bits per heavy atom. The first-order chi connectivity index (χ1) is 16.5. The molecule has 3 aromatic rings. The van der Waals surface area contributed by atoms with Crippen molar-refractivity contribution < 1.29 is 28.6 Å². The zero-order chi connectivity index (χ0) is 25.6. The van der Waals surface area contributed by atoms with Crippen molar-refractivity contribution in [2.24, 2.45) is 0 Å². The van der Waals surface area contributed by atoms with Crippen molar-refractivity contribution >= 4 is 17.8 Å². The number of hydrogen-bond acceptors (Lipinski definition) is 5. The minimum Gasteiger partial charge on any atom is -0.481 e. The van der Waals surface area contributed by atoms with Crippen LogP contribution in [0.2, 0.25) is 0 Å². The molecule has 2 aromatic carbocycles. The Morgan fingerprint density at radius 1 is 1.03 bits per heavy atom. The van der Waals surface area contributed by atoms with Gasteiger partial charge in [-0.1, -0.05) is 36.4 Å². The van der Waals surface area contributed by atoms with Crippen LogP contribution in [0.5, 0.6) is 0 Å². The van der Waals surface area contributed by atoms with E-state index in [9.17, 15) is 18.8 Å². The Bertz CT molecular complexity index is 1250. The Hall–Kier alpha value is -4.07. The topological polar surface area (TPSA) is 106 Å². The first kappa shape index (κ1) is 25.6. The number of aromatic nitrogens is 1. The minimum atomic E-state index is -0.961. The molecule has 0 spiro atoms. The third-order valence-electron chi connectivity index (χ3n) is 5.05. The highest BCUT2D eigenvalue weighted by Crippen LogP contribution is 2.27. The predicted octanol–water partition coefficient (Wildman–Crippen LogP) is 4.96. The molecule has 7 nitrogen and oxygen atoms in total. The van der Waals surface area contributed by atoms with Gasteiger partial charge in [-0.05, 0) is 60.7 Å². The fraction of sp³-hybridized carbons (Fsp3) is 0.259. The zero-order valence-electron chi connectivity index (χ0n) is 19.8. The predicted molar refractivity (Wildman–Crippen MR) is 129 cm³/mol. The number of pyridine rings is 1. The highest BCUT2D eigenvalue weighted by Gasteiger charge is 2.18. The summed E-state index contributed by atoms with van der Waals surface area (Å²) in [7, 11) is 0. The van der Waals surface area contributed by atoms with E-state index in [0.717, 1.165) is 6.20 Å². The molecule has 1 aromatic heterocycles. The van der Waals surface area contributed by atoms with Gasteiger partial charge in [0.2, 0.25) is 0 Å². The van der Waals surface area contributed by atoms with Crippen LogP contribution in [0, 0.1) is 5.82 Å². The molecule has 0 unspecified atom stereocenters. The number of Topliss-reactive ketones (excluding diaryl/α,β-unsaturated/α-hetero) is 1. The Labute approximate surface area is 203 Å². The molecule has 0 radical (unpaired) electrons. The zero-order valence-corrected chi connectivity index (χ0v) is 19.8. The molecular weight excluding hydrogens is 451 g/mol. The van der Waals surface area contributed by atoms with Gasteiger partial charge in [0, 0.05) is 24.7 Å². The van der Waals surface area contributed by atoms with Gasteiger partial charge in [0.1, 0.15) is 11.4 Å². The standard InChI is InChI=1S/C27H27FN2O5/c1-27(2,3)35-26(34)30-15-21-8-7-20(24(31)14-19-9-10-29-16-23(19)28)13-22(21)18-6-4-5-17(11-18)12-25(32)33/h4-11,13,16H,12,14-15H2,1-3H3,(H,30,34)(H,32,33). The van der Waals surface area contributed by atoms with Crippen molar-refractivity contribution in [3.05, 3.63) is 89.0 Å². The number of carbonyl (C=O) groups excluding carboxylic acids is 2. The number of carbonyl (C=O) groups is 3. The lowest BCUT2D eigenvalue weighted by Gasteiger charge is -2.20. The number of nitrogens with zero attached hydrogens (tertiary/aromatic N) is 1. The van der Waals surface area contributed by atoms with Crippen LogP contribution in [-0.2, 0) is 28.9 Å². The number of benzene rings is 2. The van der Waals surface area contributed by atoms with Gasteiger partial charge in [-0.2, -0.15) is 0 Å². The normalized spacial score (nSPS) is 11.1. The molecule has 8 heteroatoms. The summed E-state index contributed by atoms with van der Waals surface area (Å²) in [6.45, 7) is 5.41.